The van der Waals surface area contributed by atoms with E-state index in [2.05, 4.69) is 4.98 Å². The van der Waals surface area contributed by atoms with Crippen LogP contribution in [0.3, 0.4) is 0 Å². The van der Waals surface area contributed by atoms with Gasteiger partial charge in [0.05, 0.1) is 17.7 Å². The van der Waals surface area contributed by atoms with E-state index in [9.17, 15) is 4.79 Å². The standard InChI is InChI=1S/C8H5NO2/c10-8-7-2-4-11-3-1-6(7)5-9-8/h1-5H. The van der Waals surface area contributed by atoms with E-state index in [0.29, 0.717) is 5.22 Å². The Hall–Kier alpha value is -1.64. The topological polar surface area (TPSA) is 43.1 Å². The van der Waals surface area contributed by atoms with Crippen molar-refractivity contribution >= 4 is 0 Å². The van der Waals surface area contributed by atoms with Crippen molar-refractivity contribution in [3.05, 3.63) is 51.6 Å². The van der Waals surface area contributed by atoms with E-state index in [-0.39, 0.29) is 5.56 Å². The fourth-order valence-electron chi connectivity index (χ4n) is 0.956. The van der Waals surface area contributed by atoms with Crippen molar-refractivity contribution in [2.45, 2.75) is 0 Å². The van der Waals surface area contributed by atoms with Crippen LogP contribution in [0.2, 0.25) is 0 Å². The van der Waals surface area contributed by atoms with Crippen LogP contribution in [-0.2, 0) is 0 Å². The molecule has 0 radical (unpaired) electrons. The molecule has 0 aromatic heterocycles. The first kappa shape index (κ1) is 6.09. The second-order valence-corrected chi connectivity index (χ2v) is 2.17. The van der Waals surface area contributed by atoms with E-state index in [1.54, 1.807) is 12.1 Å². The van der Waals surface area contributed by atoms with Crippen LogP contribution in [0.4, 0.5) is 0 Å². The quantitative estimate of drug-likeness (QED) is 0.552. The van der Waals surface area contributed by atoms with Gasteiger partial charge in [0.2, 0.25) is 0 Å². The van der Waals surface area contributed by atoms with Gasteiger partial charge in [-0.15, -0.1) is 0 Å². The van der Waals surface area contributed by atoms with Gasteiger partial charge in [-0.25, -0.2) is 4.98 Å². The van der Waals surface area contributed by atoms with E-state index in [1.165, 1.54) is 18.7 Å². The molecule has 0 fully saturated rings. The summed E-state index contributed by atoms with van der Waals surface area (Å²) in [5, 5.41) is 1.41. The molecule has 0 amide bonds. The van der Waals surface area contributed by atoms with Crippen LogP contribution in [0.1, 0.15) is 0 Å². The molecule has 0 unspecified atom stereocenters. The van der Waals surface area contributed by atoms with E-state index in [0.717, 1.165) is 5.22 Å². The van der Waals surface area contributed by atoms with Crippen LogP contribution in [0.15, 0.2) is 40.1 Å². The zero-order chi connectivity index (χ0) is 7.68. The number of hydrogen-bond donors (Lipinski definition) is 0. The maximum Gasteiger partial charge on any atom is 0.277 e. The zero-order valence-electron chi connectivity index (χ0n) is 5.65. The third-order valence-electron chi connectivity index (χ3n) is 1.50. The molecule has 0 aliphatic carbocycles. The largest absolute Gasteiger partial charge is 0.473 e. The molecule has 0 spiro atoms. The molecule has 54 valence electrons. The van der Waals surface area contributed by atoms with E-state index in [4.69, 9.17) is 4.42 Å². The van der Waals surface area contributed by atoms with Gasteiger partial charge in [0.15, 0.2) is 0 Å². The molecule has 11 heavy (non-hydrogen) atoms. The van der Waals surface area contributed by atoms with E-state index in [1.807, 2.05) is 0 Å². The van der Waals surface area contributed by atoms with Gasteiger partial charge < -0.3 is 4.42 Å². The average molecular weight is 147 g/mol. The van der Waals surface area contributed by atoms with Crippen molar-refractivity contribution < 1.29 is 4.42 Å². The summed E-state index contributed by atoms with van der Waals surface area (Å²) < 4.78 is 4.86. The molecule has 2 rings (SSSR count). The van der Waals surface area contributed by atoms with Gasteiger partial charge >= 0.3 is 0 Å². The highest BCUT2D eigenvalue weighted by Gasteiger charge is 1.91. The molecule has 0 aromatic rings. The fourth-order valence-corrected chi connectivity index (χ4v) is 0.956. The Morgan fingerprint density at radius 1 is 1.27 bits per heavy atom. The first-order valence-electron chi connectivity index (χ1n) is 3.19. The van der Waals surface area contributed by atoms with E-state index < -0.39 is 0 Å². The van der Waals surface area contributed by atoms with Gasteiger partial charge in [-0.1, -0.05) is 0 Å². The zero-order valence-corrected chi connectivity index (χ0v) is 5.65. The third kappa shape index (κ3) is 0.902. The van der Waals surface area contributed by atoms with Gasteiger partial charge in [-0.05, 0) is 12.1 Å². The summed E-state index contributed by atoms with van der Waals surface area (Å²) in [6.45, 7) is 0. The third-order valence-corrected chi connectivity index (χ3v) is 1.50. The average Bonchev–Trinajstić information content (AvgIpc) is 2.25. The van der Waals surface area contributed by atoms with Crippen molar-refractivity contribution in [3.63, 3.8) is 0 Å². The highest BCUT2D eigenvalue weighted by Crippen LogP contribution is 1.90. The Morgan fingerprint density at radius 2 is 2.09 bits per heavy atom. The van der Waals surface area contributed by atoms with Crippen LogP contribution in [0.25, 0.3) is 0 Å². The van der Waals surface area contributed by atoms with Crippen molar-refractivity contribution in [2.75, 3.05) is 0 Å². The highest BCUT2D eigenvalue weighted by atomic mass is 16.3. The predicted molar refractivity (Wildman–Crippen MR) is 38.1 cm³/mol. The maximum absolute atomic E-state index is 11.0. The van der Waals surface area contributed by atoms with Crippen LogP contribution in [0, 0.1) is 10.4 Å². The molecule has 2 aliphatic heterocycles. The molecular formula is C8H5NO2. The smallest absolute Gasteiger partial charge is 0.277 e. The first-order valence-corrected chi connectivity index (χ1v) is 3.19. The summed E-state index contributed by atoms with van der Waals surface area (Å²) in [5.41, 5.74) is -0.202. The van der Waals surface area contributed by atoms with Gasteiger partial charge in [0.25, 0.3) is 5.56 Å². The summed E-state index contributed by atoms with van der Waals surface area (Å²) in [6, 6.07) is 3.33. The summed E-state index contributed by atoms with van der Waals surface area (Å²) in [5.74, 6) is 0. The second-order valence-electron chi connectivity index (χ2n) is 2.17. The van der Waals surface area contributed by atoms with Crippen LogP contribution in [-0.4, -0.2) is 4.98 Å². The lowest BCUT2D eigenvalue weighted by Crippen LogP contribution is -1.97. The van der Waals surface area contributed by atoms with Crippen molar-refractivity contribution in [2.24, 2.45) is 0 Å². The SMILES string of the molecule is O=c1ncc2ccoccc1=2. The van der Waals surface area contributed by atoms with Gasteiger partial charge in [-0.2, -0.15) is 0 Å². The number of rotatable bonds is 0. The molecular weight excluding hydrogens is 142 g/mol. The molecule has 0 saturated heterocycles. The second kappa shape index (κ2) is 2.20. The maximum atomic E-state index is 11.0. The summed E-state index contributed by atoms with van der Waals surface area (Å²) in [7, 11) is 0. The molecule has 0 bridgehead atoms. The Labute approximate surface area is 62.0 Å². The summed E-state index contributed by atoms with van der Waals surface area (Å²) in [4.78, 5) is 14.6. The monoisotopic (exact) mass is 147 g/mol. The van der Waals surface area contributed by atoms with Gasteiger partial charge in [0.1, 0.15) is 0 Å². The van der Waals surface area contributed by atoms with Crippen LogP contribution < -0.4 is 5.56 Å². The van der Waals surface area contributed by atoms with Gasteiger partial charge in [-0.3, -0.25) is 4.79 Å². The predicted octanol–water partition coefficient (Wildman–Crippen LogP) is 0.760. The molecule has 0 N–H and O–H groups in total. The lowest BCUT2D eigenvalue weighted by molar-refractivity contribution is 0.555. The van der Waals surface area contributed by atoms with Crippen molar-refractivity contribution in [1.29, 1.82) is 0 Å². The lowest BCUT2D eigenvalue weighted by atomic mass is 10.4. The van der Waals surface area contributed by atoms with Gasteiger partial charge in [0, 0.05) is 11.4 Å². The molecule has 2 heterocycles. The molecule has 0 saturated carbocycles. The number of aromatic nitrogens is 1. The molecule has 0 atom stereocenters. The van der Waals surface area contributed by atoms with Crippen LogP contribution in [0.5, 0.6) is 0 Å². The Balaban J connectivity index is 3.16. The Bertz CT molecular complexity index is 474. The van der Waals surface area contributed by atoms with Crippen molar-refractivity contribution in [3.8, 4) is 0 Å². The first-order chi connectivity index (χ1) is 5.38. The Kier molecular flexibility index (Phi) is 1.22. The molecule has 2 aliphatic rings. The summed E-state index contributed by atoms with van der Waals surface area (Å²) in [6.07, 6.45) is 4.52. The number of nitrogens with zero attached hydrogens (tertiary/aromatic N) is 1. The minimum absolute atomic E-state index is 0.202. The van der Waals surface area contributed by atoms with E-state index >= 15 is 0 Å². The molecule has 0 aromatic carbocycles. The normalized spacial score (nSPS) is 10.2. The fraction of sp³-hybridized carbons (Fsp3) is 0. The highest BCUT2D eigenvalue weighted by molar-refractivity contribution is 5.06. The lowest BCUT2D eigenvalue weighted by Gasteiger charge is -1.64. The minimum Gasteiger partial charge on any atom is -0.473 e. The summed E-state index contributed by atoms with van der Waals surface area (Å²) >= 11 is 0. The molecule has 3 nitrogen and oxygen atoms in total. The molecule has 3 heteroatoms. The Morgan fingerprint density at radius 3 is 3.00 bits per heavy atom. The van der Waals surface area contributed by atoms with Crippen molar-refractivity contribution in [1.82, 2.24) is 4.98 Å². The number of hydrogen-bond acceptors (Lipinski definition) is 3. The minimum atomic E-state index is -0.202. The van der Waals surface area contributed by atoms with Crippen LogP contribution >= 0.6 is 0 Å².